The van der Waals surface area contributed by atoms with Crippen LogP contribution < -0.4 is 11.1 Å². The molecule has 0 saturated heterocycles. The minimum atomic E-state index is -0.298. The molecule has 1 aromatic heterocycles. The highest BCUT2D eigenvalue weighted by atomic mass is 35.5. The molecular weight excluding hydrogens is 328 g/mol. The third-order valence-electron chi connectivity index (χ3n) is 3.70. The number of anilines is 2. The van der Waals surface area contributed by atoms with Gasteiger partial charge in [0.1, 0.15) is 17.9 Å². The van der Waals surface area contributed by atoms with Crippen molar-refractivity contribution in [3.8, 4) is 0 Å². The summed E-state index contributed by atoms with van der Waals surface area (Å²) >= 11 is 6.10. The second-order valence-electron chi connectivity index (χ2n) is 5.45. The standard InChI is InChI=1S/C17H17ClN4O2/c1-9-12(18)4-3-5-13(9)21-17(23)11-6-10(19)7-14-16(11)22-15(20-14)8-24-2/h3-7H,8,19H2,1-2H3,(H,20,22)(H,21,23). The third-order valence-corrected chi connectivity index (χ3v) is 4.11. The van der Waals surface area contributed by atoms with Crippen LogP contribution in [0.1, 0.15) is 21.7 Å². The maximum absolute atomic E-state index is 12.7. The molecule has 0 spiro atoms. The average molecular weight is 345 g/mol. The van der Waals surface area contributed by atoms with Gasteiger partial charge in [-0.1, -0.05) is 17.7 Å². The maximum Gasteiger partial charge on any atom is 0.258 e. The fourth-order valence-corrected chi connectivity index (χ4v) is 2.68. The zero-order chi connectivity index (χ0) is 17.3. The second-order valence-corrected chi connectivity index (χ2v) is 5.85. The molecule has 24 heavy (non-hydrogen) atoms. The van der Waals surface area contributed by atoms with E-state index < -0.39 is 0 Å². The molecule has 0 unspecified atom stereocenters. The molecule has 0 aliphatic rings. The van der Waals surface area contributed by atoms with E-state index in [9.17, 15) is 4.79 Å². The molecule has 3 aromatic rings. The van der Waals surface area contributed by atoms with E-state index in [0.717, 1.165) is 5.56 Å². The monoisotopic (exact) mass is 344 g/mol. The first kappa shape index (κ1) is 16.3. The van der Waals surface area contributed by atoms with E-state index in [-0.39, 0.29) is 5.91 Å². The zero-order valence-electron chi connectivity index (χ0n) is 13.3. The minimum Gasteiger partial charge on any atom is -0.399 e. The van der Waals surface area contributed by atoms with E-state index in [2.05, 4.69) is 15.3 Å². The number of imidazole rings is 1. The highest BCUT2D eigenvalue weighted by Gasteiger charge is 2.16. The maximum atomic E-state index is 12.7. The number of nitrogens with two attached hydrogens (primary N) is 1. The number of carbonyl (C=O) groups is 1. The Balaban J connectivity index is 2.01. The van der Waals surface area contributed by atoms with Gasteiger partial charge in [-0.2, -0.15) is 0 Å². The number of aromatic nitrogens is 2. The minimum absolute atomic E-state index is 0.298. The van der Waals surface area contributed by atoms with Crippen LogP contribution in [0.5, 0.6) is 0 Å². The number of H-pyrrole nitrogens is 1. The molecular formula is C17H17ClN4O2. The highest BCUT2D eigenvalue weighted by Crippen LogP contribution is 2.26. The first-order chi connectivity index (χ1) is 11.5. The van der Waals surface area contributed by atoms with Gasteiger partial charge < -0.3 is 20.8 Å². The number of halogens is 1. The van der Waals surface area contributed by atoms with Crippen molar-refractivity contribution in [1.29, 1.82) is 0 Å². The van der Waals surface area contributed by atoms with Gasteiger partial charge in [0.25, 0.3) is 5.91 Å². The molecule has 3 rings (SSSR count). The lowest BCUT2D eigenvalue weighted by Gasteiger charge is -2.10. The Hall–Kier alpha value is -2.57. The molecule has 0 bridgehead atoms. The molecule has 7 heteroatoms. The number of aromatic amines is 1. The summed E-state index contributed by atoms with van der Waals surface area (Å²) in [7, 11) is 1.58. The number of nitrogen functional groups attached to an aromatic ring is 1. The number of amides is 1. The Bertz CT molecular complexity index is 920. The van der Waals surface area contributed by atoms with Crippen LogP contribution in [-0.2, 0) is 11.3 Å². The molecule has 0 saturated carbocycles. The lowest BCUT2D eigenvalue weighted by Crippen LogP contribution is -2.14. The smallest absolute Gasteiger partial charge is 0.258 e. The SMILES string of the molecule is COCc1nc2c(C(=O)Nc3cccc(Cl)c3C)cc(N)cc2[nH]1. The summed E-state index contributed by atoms with van der Waals surface area (Å²) in [6, 6.07) is 8.70. The number of ether oxygens (including phenoxy) is 1. The molecule has 124 valence electrons. The number of benzene rings is 2. The second kappa shape index (κ2) is 6.51. The normalized spacial score (nSPS) is 11.0. The predicted octanol–water partition coefficient (Wildman–Crippen LogP) is 3.51. The van der Waals surface area contributed by atoms with Crippen molar-refractivity contribution in [2.45, 2.75) is 13.5 Å². The van der Waals surface area contributed by atoms with Crippen molar-refractivity contribution >= 4 is 39.9 Å². The first-order valence-electron chi connectivity index (χ1n) is 7.33. The summed E-state index contributed by atoms with van der Waals surface area (Å²) in [4.78, 5) is 20.2. The van der Waals surface area contributed by atoms with Crippen molar-refractivity contribution in [2.24, 2.45) is 0 Å². The van der Waals surface area contributed by atoms with Gasteiger partial charge in [-0.3, -0.25) is 4.79 Å². The number of methoxy groups -OCH3 is 1. The topological polar surface area (TPSA) is 93.0 Å². The van der Waals surface area contributed by atoms with E-state index in [1.54, 1.807) is 37.4 Å². The van der Waals surface area contributed by atoms with Crippen molar-refractivity contribution in [1.82, 2.24) is 9.97 Å². The van der Waals surface area contributed by atoms with Gasteiger partial charge in [0.15, 0.2) is 0 Å². The number of fused-ring (bicyclic) bond motifs is 1. The quantitative estimate of drug-likeness (QED) is 0.631. The zero-order valence-corrected chi connectivity index (χ0v) is 14.1. The molecule has 1 heterocycles. The molecule has 0 atom stereocenters. The van der Waals surface area contributed by atoms with Gasteiger partial charge in [0.05, 0.1) is 11.1 Å². The van der Waals surface area contributed by atoms with E-state index >= 15 is 0 Å². The van der Waals surface area contributed by atoms with Crippen LogP contribution in [-0.4, -0.2) is 23.0 Å². The van der Waals surface area contributed by atoms with Gasteiger partial charge >= 0.3 is 0 Å². The Labute approximate surface area is 144 Å². The van der Waals surface area contributed by atoms with Crippen LogP contribution in [0.15, 0.2) is 30.3 Å². The van der Waals surface area contributed by atoms with Crippen LogP contribution in [0, 0.1) is 6.92 Å². The lowest BCUT2D eigenvalue weighted by molar-refractivity contribution is 0.102. The Kier molecular flexibility index (Phi) is 4.42. The van der Waals surface area contributed by atoms with E-state index in [1.165, 1.54) is 0 Å². The van der Waals surface area contributed by atoms with Crippen LogP contribution in [0.3, 0.4) is 0 Å². The number of nitrogens with one attached hydrogen (secondary N) is 2. The van der Waals surface area contributed by atoms with E-state index in [0.29, 0.717) is 45.4 Å². The Morgan fingerprint density at radius 3 is 2.96 bits per heavy atom. The van der Waals surface area contributed by atoms with Crippen LogP contribution in [0.2, 0.25) is 5.02 Å². The molecule has 0 fully saturated rings. The summed E-state index contributed by atoms with van der Waals surface area (Å²) < 4.78 is 5.07. The summed E-state index contributed by atoms with van der Waals surface area (Å²) in [5, 5.41) is 3.45. The Morgan fingerprint density at radius 2 is 2.21 bits per heavy atom. The number of rotatable bonds is 4. The molecule has 0 aliphatic heterocycles. The van der Waals surface area contributed by atoms with E-state index in [1.807, 2.05) is 6.92 Å². The fraction of sp³-hybridized carbons (Fsp3) is 0.176. The van der Waals surface area contributed by atoms with Crippen molar-refractivity contribution in [2.75, 3.05) is 18.2 Å². The third kappa shape index (κ3) is 3.06. The summed E-state index contributed by atoms with van der Waals surface area (Å²) in [5.41, 5.74) is 9.47. The van der Waals surface area contributed by atoms with Crippen LogP contribution in [0.25, 0.3) is 11.0 Å². The summed E-state index contributed by atoms with van der Waals surface area (Å²) in [5.74, 6) is 0.333. The molecule has 4 N–H and O–H groups in total. The van der Waals surface area contributed by atoms with Gasteiger partial charge in [0.2, 0.25) is 0 Å². The van der Waals surface area contributed by atoms with Gasteiger partial charge in [0, 0.05) is 23.5 Å². The fourth-order valence-electron chi connectivity index (χ4n) is 2.50. The highest BCUT2D eigenvalue weighted by molar-refractivity contribution is 6.31. The number of carbonyl (C=O) groups excluding carboxylic acids is 1. The molecule has 1 amide bonds. The summed E-state index contributed by atoms with van der Waals surface area (Å²) in [6.07, 6.45) is 0. The van der Waals surface area contributed by atoms with Crippen molar-refractivity contribution < 1.29 is 9.53 Å². The summed E-state index contributed by atoms with van der Waals surface area (Å²) in [6.45, 7) is 2.17. The van der Waals surface area contributed by atoms with Gasteiger partial charge in [-0.15, -0.1) is 0 Å². The predicted molar refractivity (Wildman–Crippen MR) is 95.4 cm³/mol. The molecule has 2 aromatic carbocycles. The molecule has 6 nitrogen and oxygen atoms in total. The first-order valence-corrected chi connectivity index (χ1v) is 7.71. The Morgan fingerprint density at radius 1 is 1.42 bits per heavy atom. The molecule has 0 aliphatic carbocycles. The van der Waals surface area contributed by atoms with Crippen LogP contribution >= 0.6 is 11.6 Å². The van der Waals surface area contributed by atoms with Crippen LogP contribution in [0.4, 0.5) is 11.4 Å². The largest absolute Gasteiger partial charge is 0.399 e. The number of nitrogens with zero attached hydrogens (tertiary/aromatic N) is 1. The number of hydrogen-bond donors (Lipinski definition) is 3. The number of hydrogen-bond acceptors (Lipinski definition) is 4. The van der Waals surface area contributed by atoms with Gasteiger partial charge in [-0.05, 0) is 36.8 Å². The van der Waals surface area contributed by atoms with Crippen molar-refractivity contribution in [3.63, 3.8) is 0 Å². The van der Waals surface area contributed by atoms with Crippen molar-refractivity contribution in [3.05, 3.63) is 52.3 Å². The van der Waals surface area contributed by atoms with Gasteiger partial charge in [-0.25, -0.2) is 4.98 Å². The molecule has 0 radical (unpaired) electrons. The average Bonchev–Trinajstić information content (AvgIpc) is 2.93. The lowest BCUT2D eigenvalue weighted by atomic mass is 10.1. The van der Waals surface area contributed by atoms with E-state index in [4.69, 9.17) is 22.1 Å².